The van der Waals surface area contributed by atoms with Crippen LogP contribution in [-0.2, 0) is 0 Å². The maximum atomic E-state index is 15.7. The molecular formula is C28H29Cl2FN8O. The van der Waals surface area contributed by atoms with Gasteiger partial charge in [0.05, 0.1) is 28.0 Å². The minimum absolute atomic E-state index is 0.180. The summed E-state index contributed by atoms with van der Waals surface area (Å²) in [6.45, 7) is 8.74. The van der Waals surface area contributed by atoms with Crippen molar-refractivity contribution >= 4 is 58.2 Å². The number of hydrogen-bond donors (Lipinski definition) is 2. The number of rotatable bonds is 4. The lowest BCUT2D eigenvalue weighted by Crippen LogP contribution is -2.55. The van der Waals surface area contributed by atoms with Crippen LogP contribution in [-0.4, -0.2) is 72.0 Å². The lowest BCUT2D eigenvalue weighted by Gasteiger charge is -2.44. The number of fused-ring (bicyclic) bond motifs is 3. The number of aryl methyl sites for hydroxylation is 1. The highest BCUT2D eigenvalue weighted by molar-refractivity contribution is 6.39. The van der Waals surface area contributed by atoms with Gasteiger partial charge in [0.2, 0.25) is 11.9 Å². The summed E-state index contributed by atoms with van der Waals surface area (Å²) in [4.78, 5) is 33.2. The van der Waals surface area contributed by atoms with Crippen LogP contribution in [0, 0.1) is 12.7 Å². The number of carbonyl (C=O) groups excluding carboxylic acids is 1. The molecule has 0 bridgehead atoms. The van der Waals surface area contributed by atoms with Crippen LogP contribution in [0.5, 0.6) is 0 Å². The fraction of sp³-hybridized carbons (Fsp3) is 0.357. The number of aliphatic imine (C=N–C) groups is 1. The second-order valence-corrected chi connectivity index (χ2v) is 11.3. The van der Waals surface area contributed by atoms with Crippen molar-refractivity contribution in [2.45, 2.75) is 32.9 Å². The first kappa shape index (κ1) is 26.7. The van der Waals surface area contributed by atoms with Gasteiger partial charge in [-0.15, -0.1) is 0 Å². The minimum atomic E-state index is -0.397. The van der Waals surface area contributed by atoms with Crippen LogP contribution in [0.15, 0.2) is 35.3 Å². The van der Waals surface area contributed by atoms with E-state index in [1.165, 1.54) is 6.07 Å². The zero-order valence-corrected chi connectivity index (χ0v) is 24.1. The maximum absolute atomic E-state index is 15.7. The SMILES string of the molecule is Cc1cc(Nc2nc(-c3c(Cl)cccc3Cl)c3c(n2)N2CCN=C2NC3=O)cc(F)c1N1C[C@@H](C)N(C)[C@@H](C)C1. The van der Waals surface area contributed by atoms with E-state index in [-0.39, 0.29) is 23.0 Å². The Kier molecular flexibility index (Phi) is 6.80. The van der Waals surface area contributed by atoms with E-state index in [1.54, 1.807) is 18.2 Å². The molecule has 0 saturated carbocycles. The number of aromatic nitrogens is 2. The molecule has 0 aliphatic carbocycles. The summed E-state index contributed by atoms with van der Waals surface area (Å²) in [6, 6.07) is 9.03. The lowest BCUT2D eigenvalue weighted by molar-refractivity contribution is 0.0974. The van der Waals surface area contributed by atoms with Gasteiger partial charge in [-0.3, -0.25) is 24.9 Å². The third kappa shape index (κ3) is 4.53. The number of hydrogen-bond acceptors (Lipinski definition) is 8. The molecule has 12 heteroatoms. The van der Waals surface area contributed by atoms with E-state index in [2.05, 4.69) is 56.3 Å². The molecule has 2 N–H and O–H groups in total. The molecule has 1 fully saturated rings. The average molecular weight is 583 g/mol. The molecule has 1 aromatic heterocycles. The van der Waals surface area contributed by atoms with E-state index in [9.17, 15) is 4.79 Å². The van der Waals surface area contributed by atoms with Crippen LogP contribution in [0.1, 0.15) is 29.8 Å². The molecule has 3 aliphatic rings. The summed E-state index contributed by atoms with van der Waals surface area (Å²) in [7, 11) is 2.10. The van der Waals surface area contributed by atoms with Crippen molar-refractivity contribution in [2.75, 3.05) is 48.3 Å². The summed E-state index contributed by atoms with van der Waals surface area (Å²) < 4.78 is 15.7. The molecule has 2 aromatic carbocycles. The van der Waals surface area contributed by atoms with Gasteiger partial charge in [-0.05, 0) is 57.6 Å². The van der Waals surface area contributed by atoms with Crippen molar-refractivity contribution in [2.24, 2.45) is 4.99 Å². The molecular weight excluding hydrogens is 554 g/mol. The van der Waals surface area contributed by atoms with Crippen molar-refractivity contribution in [3.05, 3.63) is 57.3 Å². The second kappa shape index (κ2) is 10.2. The molecule has 1 amide bonds. The summed E-state index contributed by atoms with van der Waals surface area (Å²) in [5, 5.41) is 6.65. The van der Waals surface area contributed by atoms with E-state index in [1.807, 2.05) is 17.9 Å². The number of halogens is 3. The van der Waals surface area contributed by atoms with Gasteiger partial charge in [0, 0.05) is 43.0 Å². The number of amides is 1. The Balaban J connectivity index is 1.42. The van der Waals surface area contributed by atoms with Crippen molar-refractivity contribution in [1.29, 1.82) is 0 Å². The van der Waals surface area contributed by atoms with Gasteiger partial charge >= 0.3 is 0 Å². The molecule has 9 nitrogen and oxygen atoms in total. The molecule has 2 atom stereocenters. The zero-order valence-electron chi connectivity index (χ0n) is 22.6. The third-order valence-corrected chi connectivity index (χ3v) is 8.45. The molecule has 3 aliphatic heterocycles. The molecule has 1 saturated heterocycles. The van der Waals surface area contributed by atoms with Gasteiger partial charge in [0.15, 0.2) is 5.82 Å². The molecule has 0 spiro atoms. The van der Waals surface area contributed by atoms with Gasteiger partial charge in [-0.25, -0.2) is 9.37 Å². The number of benzene rings is 2. The quantitative estimate of drug-likeness (QED) is 0.443. The van der Waals surface area contributed by atoms with E-state index < -0.39 is 5.91 Å². The summed E-state index contributed by atoms with van der Waals surface area (Å²) in [5.74, 6) is 0.274. The first-order valence-corrected chi connectivity index (χ1v) is 13.9. The van der Waals surface area contributed by atoms with Crippen LogP contribution in [0.3, 0.4) is 0 Å². The highest BCUT2D eigenvalue weighted by Crippen LogP contribution is 2.40. The minimum Gasteiger partial charge on any atom is -0.366 e. The van der Waals surface area contributed by atoms with Crippen molar-refractivity contribution in [3.8, 4) is 11.3 Å². The largest absolute Gasteiger partial charge is 0.366 e. The van der Waals surface area contributed by atoms with Crippen molar-refractivity contribution in [1.82, 2.24) is 20.2 Å². The Morgan fingerprint density at radius 3 is 2.45 bits per heavy atom. The molecule has 6 rings (SSSR count). The zero-order chi connectivity index (χ0) is 28.3. The van der Waals surface area contributed by atoms with Crippen LogP contribution in [0.25, 0.3) is 11.3 Å². The van der Waals surface area contributed by atoms with E-state index in [4.69, 9.17) is 23.2 Å². The second-order valence-electron chi connectivity index (χ2n) is 10.5. The monoisotopic (exact) mass is 582 g/mol. The van der Waals surface area contributed by atoms with Crippen LogP contribution in [0.2, 0.25) is 10.0 Å². The summed E-state index contributed by atoms with van der Waals surface area (Å²) in [5.41, 5.74) is 2.83. The fourth-order valence-electron chi connectivity index (χ4n) is 5.66. The molecule has 3 aromatic rings. The van der Waals surface area contributed by atoms with Gasteiger partial charge in [0.1, 0.15) is 11.4 Å². The number of nitrogens with zero attached hydrogens (tertiary/aromatic N) is 6. The molecule has 4 heterocycles. The Morgan fingerprint density at radius 2 is 1.77 bits per heavy atom. The number of anilines is 4. The third-order valence-electron chi connectivity index (χ3n) is 7.82. The molecule has 0 unspecified atom stereocenters. The van der Waals surface area contributed by atoms with Crippen LogP contribution >= 0.6 is 23.2 Å². The average Bonchev–Trinajstić information content (AvgIpc) is 3.35. The molecule has 208 valence electrons. The predicted octanol–water partition coefficient (Wildman–Crippen LogP) is 5.09. The smallest absolute Gasteiger partial charge is 0.263 e. The highest BCUT2D eigenvalue weighted by Gasteiger charge is 2.36. The predicted molar refractivity (Wildman–Crippen MR) is 158 cm³/mol. The number of piperazine rings is 1. The van der Waals surface area contributed by atoms with E-state index >= 15 is 4.39 Å². The fourth-order valence-corrected chi connectivity index (χ4v) is 6.24. The first-order valence-electron chi connectivity index (χ1n) is 13.2. The number of carbonyl (C=O) groups is 1. The van der Waals surface area contributed by atoms with Gasteiger partial charge in [0.25, 0.3) is 5.91 Å². The Bertz CT molecular complexity index is 1510. The summed E-state index contributed by atoms with van der Waals surface area (Å²) in [6.07, 6.45) is 0. The number of likely N-dealkylation sites (N-methyl/N-ethyl adjacent to an activating group) is 1. The Hall–Kier alpha value is -3.47. The van der Waals surface area contributed by atoms with Crippen molar-refractivity contribution < 1.29 is 9.18 Å². The Labute approximate surface area is 242 Å². The molecule has 40 heavy (non-hydrogen) atoms. The normalized spacial score (nSPS) is 20.7. The molecule has 0 radical (unpaired) electrons. The topological polar surface area (TPSA) is 89.0 Å². The highest BCUT2D eigenvalue weighted by atomic mass is 35.5. The maximum Gasteiger partial charge on any atom is 0.263 e. The summed E-state index contributed by atoms with van der Waals surface area (Å²) >= 11 is 13.1. The first-order chi connectivity index (χ1) is 19.1. The van der Waals surface area contributed by atoms with Crippen LogP contribution in [0.4, 0.5) is 27.5 Å². The van der Waals surface area contributed by atoms with Gasteiger partial charge < -0.3 is 10.2 Å². The van der Waals surface area contributed by atoms with E-state index in [0.29, 0.717) is 63.9 Å². The van der Waals surface area contributed by atoms with Gasteiger partial charge in [-0.2, -0.15) is 4.98 Å². The van der Waals surface area contributed by atoms with Crippen LogP contribution < -0.4 is 20.4 Å². The number of nitrogens with one attached hydrogen (secondary N) is 2. The number of guanidine groups is 1. The van der Waals surface area contributed by atoms with E-state index in [0.717, 1.165) is 18.7 Å². The van der Waals surface area contributed by atoms with Crippen molar-refractivity contribution in [3.63, 3.8) is 0 Å². The van der Waals surface area contributed by atoms with Gasteiger partial charge in [-0.1, -0.05) is 29.3 Å². The lowest BCUT2D eigenvalue weighted by atomic mass is 10.0. The Morgan fingerprint density at radius 1 is 1.07 bits per heavy atom. The standard InChI is InChI=1S/C28H29Cl2FN8O/c1-14-10-17(11-20(31)24(14)38-12-15(2)37(4)16(3)13-38)33-27-34-23(21-18(29)6-5-7-19(21)30)22-25(35-27)39-9-8-32-28(39)36-26(22)40/h5-7,10-11,15-16H,8-9,12-13H2,1-4H3,(H,32,36,40)(H,33,34,35)/t15-,16+.